The van der Waals surface area contributed by atoms with Crippen molar-refractivity contribution in [3.63, 3.8) is 0 Å². The Morgan fingerprint density at radius 3 is 2.09 bits per heavy atom. The number of halogens is 8. The summed E-state index contributed by atoms with van der Waals surface area (Å²) in [5.74, 6) is 0. The summed E-state index contributed by atoms with van der Waals surface area (Å²) in [6, 6.07) is 8.05. The number of hydrogen-bond acceptors (Lipinski definition) is 0. The largest absolute Gasteiger partial charge is 0.416 e. The van der Waals surface area contributed by atoms with E-state index in [1.165, 1.54) is 12.1 Å². The van der Waals surface area contributed by atoms with Gasteiger partial charge in [-0.1, -0.05) is 37.9 Å². The van der Waals surface area contributed by atoms with E-state index in [1.807, 2.05) is 0 Å². The van der Waals surface area contributed by atoms with Gasteiger partial charge in [0.25, 0.3) is 0 Å². The lowest BCUT2D eigenvalue weighted by Crippen LogP contribution is -2.11. The average molecular weight is 461 g/mol. The molecule has 123 valence electrons. The Hall–Kier alpha value is -1.02. The van der Waals surface area contributed by atoms with E-state index in [0.29, 0.717) is 4.47 Å². The van der Waals surface area contributed by atoms with Crippen molar-refractivity contribution in [3.05, 3.63) is 56.5 Å². The molecule has 0 fully saturated rings. The molecule has 0 saturated carbocycles. The molecule has 0 saturated heterocycles. The first-order valence-electron chi connectivity index (χ1n) is 6.11. The molecule has 2 aromatic rings. The van der Waals surface area contributed by atoms with E-state index in [2.05, 4.69) is 37.9 Å². The molecule has 0 N–H and O–H groups in total. The zero-order chi connectivity index (χ0) is 17.4. The van der Waals surface area contributed by atoms with Crippen LogP contribution in [-0.4, -0.2) is 6.18 Å². The first-order chi connectivity index (χ1) is 10.5. The molecule has 23 heavy (non-hydrogen) atoms. The Labute approximate surface area is 144 Å². The summed E-state index contributed by atoms with van der Waals surface area (Å²) >= 11 is 6.25. The van der Waals surface area contributed by atoms with Crippen LogP contribution in [0.25, 0.3) is 11.1 Å². The van der Waals surface area contributed by atoms with Crippen molar-refractivity contribution < 1.29 is 26.3 Å². The summed E-state index contributed by atoms with van der Waals surface area (Å²) in [6.07, 6.45) is -10.0. The van der Waals surface area contributed by atoms with Gasteiger partial charge in [-0.3, -0.25) is 0 Å². The smallest absolute Gasteiger partial charge is 0.171 e. The van der Waals surface area contributed by atoms with Gasteiger partial charge in [-0.15, -0.1) is 0 Å². The monoisotopic (exact) mass is 459 g/mol. The molecule has 0 atom stereocenters. The minimum absolute atomic E-state index is 0.0313. The van der Waals surface area contributed by atoms with E-state index < -0.39 is 24.3 Å². The predicted molar refractivity (Wildman–Crippen MR) is 80.9 cm³/mol. The lowest BCUT2D eigenvalue weighted by Gasteiger charge is -2.13. The van der Waals surface area contributed by atoms with Crippen LogP contribution in [0, 0.1) is 6.07 Å². The summed E-state index contributed by atoms with van der Waals surface area (Å²) in [6.45, 7) is 0. The standard InChI is InChI=1S/C15H7Br2F6/c16-12-4-2-9(15(21,22)23)6-11(12)10-3-1-8(5-13(10)17)7-14(18,19)20/h1-2,4-6H,7H2. The minimum atomic E-state index is -4.52. The van der Waals surface area contributed by atoms with Crippen LogP contribution in [0.4, 0.5) is 26.3 Å². The van der Waals surface area contributed by atoms with Gasteiger partial charge in [0, 0.05) is 14.5 Å². The second kappa shape index (κ2) is 6.47. The molecule has 0 aliphatic rings. The highest BCUT2D eigenvalue weighted by molar-refractivity contribution is 9.11. The molecule has 0 aliphatic carbocycles. The van der Waals surface area contributed by atoms with Gasteiger partial charge in [-0.05, 0) is 41.5 Å². The van der Waals surface area contributed by atoms with Crippen molar-refractivity contribution >= 4 is 31.9 Å². The predicted octanol–water partition coefficient (Wildman–Crippen LogP) is 6.80. The van der Waals surface area contributed by atoms with Crippen molar-refractivity contribution in [2.75, 3.05) is 0 Å². The van der Waals surface area contributed by atoms with Gasteiger partial charge in [0.1, 0.15) is 0 Å². The van der Waals surface area contributed by atoms with Crippen LogP contribution in [0.1, 0.15) is 11.1 Å². The van der Waals surface area contributed by atoms with E-state index in [4.69, 9.17) is 0 Å². The van der Waals surface area contributed by atoms with Crippen LogP contribution in [0.15, 0.2) is 39.3 Å². The summed E-state index contributed by atoms with van der Waals surface area (Å²) in [5.41, 5.74) is -0.453. The van der Waals surface area contributed by atoms with Crippen LogP contribution in [0.3, 0.4) is 0 Å². The Kier molecular flexibility index (Phi) is 5.15. The quantitative estimate of drug-likeness (QED) is 0.432. The maximum atomic E-state index is 12.8. The maximum Gasteiger partial charge on any atom is 0.416 e. The zero-order valence-corrected chi connectivity index (χ0v) is 14.3. The summed E-state index contributed by atoms with van der Waals surface area (Å²) in [4.78, 5) is 0. The van der Waals surface area contributed by atoms with Gasteiger partial charge < -0.3 is 0 Å². The van der Waals surface area contributed by atoms with Crippen molar-refractivity contribution in [1.29, 1.82) is 0 Å². The van der Waals surface area contributed by atoms with Gasteiger partial charge in [-0.25, -0.2) is 0 Å². The lowest BCUT2D eigenvalue weighted by molar-refractivity contribution is -0.137. The van der Waals surface area contributed by atoms with Gasteiger partial charge in [0.15, 0.2) is 0 Å². The third kappa shape index (κ3) is 4.73. The Bertz CT molecular complexity index is 719. The molecule has 1 radical (unpaired) electrons. The fourth-order valence-corrected chi connectivity index (χ4v) is 3.01. The third-order valence-electron chi connectivity index (χ3n) is 2.92. The first-order valence-corrected chi connectivity index (χ1v) is 7.70. The number of benzene rings is 2. The van der Waals surface area contributed by atoms with Crippen LogP contribution in [0.5, 0.6) is 0 Å². The average Bonchev–Trinajstić information content (AvgIpc) is 2.37. The first kappa shape index (κ1) is 18.3. The Morgan fingerprint density at radius 1 is 0.913 bits per heavy atom. The normalized spacial score (nSPS) is 12.5. The second-order valence-corrected chi connectivity index (χ2v) is 6.42. The maximum absolute atomic E-state index is 12.8. The van der Waals surface area contributed by atoms with E-state index in [1.54, 1.807) is 0 Å². The SMILES string of the molecule is FC(F)(F)Cc1c[c]c(-c2cc(C(F)(F)F)ccc2Br)c(Br)c1. The number of hydrogen-bond donors (Lipinski definition) is 0. The Balaban J connectivity index is 2.47. The molecule has 2 aromatic carbocycles. The molecular formula is C15H7Br2F6. The van der Waals surface area contributed by atoms with Crippen LogP contribution in [-0.2, 0) is 12.6 Å². The summed E-state index contributed by atoms with van der Waals surface area (Å²) in [5, 5.41) is 0. The van der Waals surface area contributed by atoms with Gasteiger partial charge in [0.2, 0.25) is 0 Å². The molecule has 0 nitrogen and oxygen atoms in total. The molecule has 0 aliphatic heterocycles. The number of rotatable bonds is 2. The van der Waals surface area contributed by atoms with E-state index in [9.17, 15) is 26.3 Å². The summed E-state index contributed by atoms with van der Waals surface area (Å²) in [7, 11) is 0. The minimum Gasteiger partial charge on any atom is -0.171 e. The fraction of sp³-hybridized carbons (Fsp3) is 0.200. The highest BCUT2D eigenvalue weighted by Crippen LogP contribution is 2.39. The van der Waals surface area contributed by atoms with Crippen LogP contribution in [0.2, 0.25) is 0 Å². The van der Waals surface area contributed by atoms with Gasteiger partial charge in [0.05, 0.1) is 12.0 Å². The van der Waals surface area contributed by atoms with Crippen molar-refractivity contribution in [1.82, 2.24) is 0 Å². The fourth-order valence-electron chi connectivity index (χ4n) is 1.94. The van der Waals surface area contributed by atoms with Gasteiger partial charge >= 0.3 is 12.4 Å². The highest BCUT2D eigenvalue weighted by Gasteiger charge is 2.31. The third-order valence-corrected chi connectivity index (χ3v) is 4.24. The topological polar surface area (TPSA) is 0 Å². The van der Waals surface area contributed by atoms with Crippen molar-refractivity contribution in [3.8, 4) is 11.1 Å². The Morgan fingerprint density at radius 2 is 1.57 bits per heavy atom. The summed E-state index contributed by atoms with van der Waals surface area (Å²) < 4.78 is 76.2. The van der Waals surface area contributed by atoms with E-state index >= 15 is 0 Å². The van der Waals surface area contributed by atoms with E-state index in [-0.39, 0.29) is 21.2 Å². The molecule has 0 spiro atoms. The molecule has 0 amide bonds. The van der Waals surface area contributed by atoms with Crippen LogP contribution < -0.4 is 0 Å². The molecule has 0 bridgehead atoms. The lowest BCUT2D eigenvalue weighted by atomic mass is 10.0. The molecule has 0 unspecified atom stereocenters. The molecule has 8 heteroatoms. The van der Waals surface area contributed by atoms with E-state index in [0.717, 1.165) is 18.2 Å². The molecule has 0 aromatic heterocycles. The molecular weight excluding hydrogens is 454 g/mol. The molecule has 2 rings (SSSR count). The van der Waals surface area contributed by atoms with Gasteiger partial charge in [-0.2, -0.15) is 26.3 Å². The highest BCUT2D eigenvalue weighted by atomic mass is 79.9. The zero-order valence-electron chi connectivity index (χ0n) is 11.1. The molecule has 0 heterocycles. The van der Waals surface area contributed by atoms with Crippen molar-refractivity contribution in [2.24, 2.45) is 0 Å². The van der Waals surface area contributed by atoms with Crippen LogP contribution >= 0.6 is 31.9 Å². The number of alkyl halides is 6. The van der Waals surface area contributed by atoms with Crippen molar-refractivity contribution in [2.45, 2.75) is 18.8 Å². The second-order valence-electron chi connectivity index (χ2n) is 4.72.